The molecule has 0 radical (unpaired) electrons. The summed E-state index contributed by atoms with van der Waals surface area (Å²) in [7, 11) is 0. The molecule has 2 heteroatoms. The second-order valence-corrected chi connectivity index (χ2v) is 2.89. The fourth-order valence-corrected chi connectivity index (χ4v) is 1.12. The molecule has 0 atom stereocenters. The van der Waals surface area contributed by atoms with E-state index in [1.54, 1.807) is 0 Å². The standard InChI is InChI=1S/C10H15NO/c1-2-10(12)11-8-9-6-4-3-5-7-9/h4,6-7H,2-3,5,8H2,1H3,(H,11,12). The van der Waals surface area contributed by atoms with Crippen molar-refractivity contribution >= 4 is 5.91 Å². The van der Waals surface area contributed by atoms with Crippen LogP contribution in [0.5, 0.6) is 0 Å². The van der Waals surface area contributed by atoms with Crippen LogP contribution in [0.25, 0.3) is 0 Å². The summed E-state index contributed by atoms with van der Waals surface area (Å²) in [5, 5.41) is 2.84. The Labute approximate surface area is 73.4 Å². The summed E-state index contributed by atoms with van der Waals surface area (Å²) < 4.78 is 0. The van der Waals surface area contributed by atoms with Gasteiger partial charge in [0.1, 0.15) is 0 Å². The van der Waals surface area contributed by atoms with E-state index in [1.165, 1.54) is 5.57 Å². The van der Waals surface area contributed by atoms with E-state index in [2.05, 4.69) is 23.5 Å². The van der Waals surface area contributed by atoms with Crippen molar-refractivity contribution in [1.82, 2.24) is 5.32 Å². The molecule has 12 heavy (non-hydrogen) atoms. The third kappa shape index (κ3) is 2.91. The van der Waals surface area contributed by atoms with E-state index in [0.717, 1.165) is 12.8 Å². The van der Waals surface area contributed by atoms with Crippen molar-refractivity contribution in [2.24, 2.45) is 0 Å². The van der Waals surface area contributed by atoms with Gasteiger partial charge in [-0.15, -0.1) is 0 Å². The van der Waals surface area contributed by atoms with Crippen LogP contribution in [0.3, 0.4) is 0 Å². The Morgan fingerprint density at radius 3 is 3.00 bits per heavy atom. The molecule has 0 unspecified atom stereocenters. The molecule has 0 spiro atoms. The lowest BCUT2D eigenvalue weighted by Crippen LogP contribution is -2.24. The molecule has 0 heterocycles. The summed E-state index contributed by atoms with van der Waals surface area (Å²) in [5.41, 5.74) is 1.23. The number of amides is 1. The first-order valence-corrected chi connectivity index (χ1v) is 4.45. The molecule has 1 amide bonds. The topological polar surface area (TPSA) is 29.1 Å². The lowest BCUT2D eigenvalue weighted by Gasteiger charge is -2.07. The highest BCUT2D eigenvalue weighted by atomic mass is 16.1. The second-order valence-electron chi connectivity index (χ2n) is 2.89. The summed E-state index contributed by atoms with van der Waals surface area (Å²) in [6.45, 7) is 2.55. The fraction of sp³-hybridized carbons (Fsp3) is 0.500. The van der Waals surface area contributed by atoms with E-state index >= 15 is 0 Å². The third-order valence-electron chi connectivity index (χ3n) is 1.88. The molecule has 1 aliphatic carbocycles. The number of carbonyl (C=O) groups is 1. The molecular weight excluding hydrogens is 150 g/mol. The predicted molar refractivity (Wildman–Crippen MR) is 49.8 cm³/mol. The maximum absolute atomic E-state index is 10.9. The van der Waals surface area contributed by atoms with Gasteiger partial charge in [0.15, 0.2) is 0 Å². The van der Waals surface area contributed by atoms with Crippen molar-refractivity contribution in [1.29, 1.82) is 0 Å². The summed E-state index contributed by atoms with van der Waals surface area (Å²) >= 11 is 0. The van der Waals surface area contributed by atoms with Gasteiger partial charge in [-0.3, -0.25) is 4.79 Å². The highest BCUT2D eigenvalue weighted by Crippen LogP contribution is 2.07. The summed E-state index contributed by atoms with van der Waals surface area (Å²) in [5.74, 6) is 0.120. The molecule has 0 saturated heterocycles. The van der Waals surface area contributed by atoms with Gasteiger partial charge in [0.2, 0.25) is 5.91 Å². The lowest BCUT2D eigenvalue weighted by molar-refractivity contribution is -0.120. The van der Waals surface area contributed by atoms with E-state index in [1.807, 2.05) is 6.92 Å². The summed E-state index contributed by atoms with van der Waals surface area (Å²) in [6, 6.07) is 0. The molecule has 0 fully saturated rings. The number of rotatable bonds is 3. The fourth-order valence-electron chi connectivity index (χ4n) is 1.12. The minimum atomic E-state index is 0.120. The van der Waals surface area contributed by atoms with Gasteiger partial charge in [-0.05, 0) is 18.4 Å². The van der Waals surface area contributed by atoms with Crippen molar-refractivity contribution in [3.63, 3.8) is 0 Å². The molecule has 0 aromatic heterocycles. The smallest absolute Gasteiger partial charge is 0.219 e. The monoisotopic (exact) mass is 165 g/mol. The van der Waals surface area contributed by atoms with E-state index in [-0.39, 0.29) is 5.91 Å². The van der Waals surface area contributed by atoms with Crippen molar-refractivity contribution in [2.45, 2.75) is 26.2 Å². The number of carbonyl (C=O) groups excluding carboxylic acids is 1. The minimum Gasteiger partial charge on any atom is -0.352 e. The van der Waals surface area contributed by atoms with Gasteiger partial charge in [-0.1, -0.05) is 25.2 Å². The van der Waals surface area contributed by atoms with Crippen molar-refractivity contribution in [3.8, 4) is 0 Å². The van der Waals surface area contributed by atoms with Gasteiger partial charge < -0.3 is 5.32 Å². The first-order chi connectivity index (χ1) is 5.83. The highest BCUT2D eigenvalue weighted by Gasteiger charge is 1.99. The van der Waals surface area contributed by atoms with E-state index < -0.39 is 0 Å². The predicted octanol–water partition coefficient (Wildman–Crippen LogP) is 1.79. The first-order valence-electron chi connectivity index (χ1n) is 4.45. The zero-order chi connectivity index (χ0) is 8.81. The quantitative estimate of drug-likeness (QED) is 0.678. The Hall–Kier alpha value is -1.05. The lowest BCUT2D eigenvalue weighted by atomic mass is 10.1. The van der Waals surface area contributed by atoms with E-state index in [9.17, 15) is 4.79 Å². The molecule has 1 N–H and O–H groups in total. The second kappa shape index (κ2) is 4.75. The van der Waals surface area contributed by atoms with Crippen molar-refractivity contribution in [2.75, 3.05) is 6.54 Å². The molecule has 0 aromatic rings. The van der Waals surface area contributed by atoms with E-state index in [4.69, 9.17) is 0 Å². The van der Waals surface area contributed by atoms with Gasteiger partial charge in [0.25, 0.3) is 0 Å². The largest absolute Gasteiger partial charge is 0.352 e. The average molecular weight is 165 g/mol. The van der Waals surface area contributed by atoms with Crippen molar-refractivity contribution < 1.29 is 4.79 Å². The van der Waals surface area contributed by atoms with Crippen LogP contribution in [0, 0.1) is 0 Å². The van der Waals surface area contributed by atoms with Crippen LogP contribution in [0.2, 0.25) is 0 Å². The van der Waals surface area contributed by atoms with Crippen LogP contribution >= 0.6 is 0 Å². The normalized spacial score (nSPS) is 15.6. The van der Waals surface area contributed by atoms with Crippen LogP contribution in [-0.2, 0) is 4.79 Å². The Morgan fingerprint density at radius 1 is 1.58 bits per heavy atom. The number of nitrogens with one attached hydrogen (secondary N) is 1. The number of hydrogen-bond acceptors (Lipinski definition) is 1. The van der Waals surface area contributed by atoms with E-state index in [0.29, 0.717) is 13.0 Å². The first kappa shape index (κ1) is 9.04. The Bertz CT molecular complexity index is 216. The highest BCUT2D eigenvalue weighted by molar-refractivity contribution is 5.75. The van der Waals surface area contributed by atoms with Crippen LogP contribution in [0.1, 0.15) is 26.2 Å². The number of hydrogen-bond donors (Lipinski definition) is 1. The summed E-state index contributed by atoms with van der Waals surface area (Å²) in [6.07, 6.45) is 9.21. The van der Waals surface area contributed by atoms with Crippen LogP contribution in [0.4, 0.5) is 0 Å². The molecule has 0 aromatic carbocycles. The molecule has 0 aliphatic heterocycles. The third-order valence-corrected chi connectivity index (χ3v) is 1.88. The van der Waals surface area contributed by atoms with Gasteiger partial charge in [-0.25, -0.2) is 0 Å². The zero-order valence-electron chi connectivity index (χ0n) is 7.47. The molecule has 1 aliphatic rings. The van der Waals surface area contributed by atoms with Crippen LogP contribution < -0.4 is 5.32 Å². The minimum absolute atomic E-state index is 0.120. The SMILES string of the molecule is CCC(=O)NCC1=CCCC=C1. The number of allylic oxidation sites excluding steroid dienone is 2. The Morgan fingerprint density at radius 2 is 2.42 bits per heavy atom. The van der Waals surface area contributed by atoms with Crippen LogP contribution in [0.15, 0.2) is 23.8 Å². The van der Waals surface area contributed by atoms with Crippen molar-refractivity contribution in [3.05, 3.63) is 23.8 Å². The average Bonchev–Trinajstić information content (AvgIpc) is 2.16. The zero-order valence-corrected chi connectivity index (χ0v) is 7.47. The Balaban J connectivity index is 2.27. The summed E-state index contributed by atoms with van der Waals surface area (Å²) in [4.78, 5) is 10.9. The Kier molecular flexibility index (Phi) is 3.58. The maximum Gasteiger partial charge on any atom is 0.219 e. The van der Waals surface area contributed by atoms with Gasteiger partial charge >= 0.3 is 0 Å². The van der Waals surface area contributed by atoms with Gasteiger partial charge in [0, 0.05) is 13.0 Å². The van der Waals surface area contributed by atoms with Gasteiger partial charge in [0.05, 0.1) is 0 Å². The molecule has 0 saturated carbocycles. The van der Waals surface area contributed by atoms with Gasteiger partial charge in [-0.2, -0.15) is 0 Å². The maximum atomic E-state index is 10.9. The molecular formula is C10H15NO. The molecule has 66 valence electrons. The molecule has 1 rings (SSSR count). The van der Waals surface area contributed by atoms with Crippen LogP contribution in [-0.4, -0.2) is 12.5 Å². The molecule has 2 nitrogen and oxygen atoms in total. The molecule has 0 bridgehead atoms.